The van der Waals surface area contributed by atoms with Crippen LogP contribution < -0.4 is 4.74 Å². The average Bonchev–Trinajstić information content (AvgIpc) is 3.04. The van der Waals surface area contributed by atoms with Crippen LogP contribution in [0.25, 0.3) is 0 Å². The molecule has 0 aliphatic carbocycles. The number of hydrogen-bond donors (Lipinski definition) is 0. The summed E-state index contributed by atoms with van der Waals surface area (Å²) in [7, 11) is 0. The van der Waals surface area contributed by atoms with E-state index in [1.807, 2.05) is 11.3 Å². The number of halogens is 1. The highest BCUT2D eigenvalue weighted by Crippen LogP contribution is 2.16. The second kappa shape index (κ2) is 7.72. The van der Waals surface area contributed by atoms with Crippen LogP contribution in [-0.2, 0) is 6.54 Å². The number of ether oxygens (including phenoxy) is 1. The molecule has 1 aromatic carbocycles. The third-order valence-electron chi connectivity index (χ3n) is 3.93. The number of hydrogen-bond acceptors (Lipinski definition) is 4. The fourth-order valence-corrected chi connectivity index (χ4v) is 3.39. The molecule has 118 valence electrons. The van der Waals surface area contributed by atoms with Crippen LogP contribution in [0.4, 0.5) is 4.39 Å². The average molecular weight is 320 g/mol. The van der Waals surface area contributed by atoms with Gasteiger partial charge in [0.15, 0.2) is 11.6 Å². The number of nitrogens with zero attached hydrogens (tertiary/aromatic N) is 2. The fraction of sp³-hybridized carbons (Fsp3) is 0.412. The van der Waals surface area contributed by atoms with Gasteiger partial charge in [-0.3, -0.25) is 9.80 Å². The van der Waals surface area contributed by atoms with Crippen molar-refractivity contribution in [2.75, 3.05) is 39.3 Å². The zero-order chi connectivity index (χ0) is 15.2. The second-order valence-corrected chi connectivity index (χ2v) is 6.51. The monoisotopic (exact) mass is 320 g/mol. The molecule has 3 nitrogen and oxygen atoms in total. The van der Waals surface area contributed by atoms with Crippen molar-refractivity contribution >= 4 is 11.3 Å². The van der Waals surface area contributed by atoms with Crippen LogP contribution in [0.3, 0.4) is 0 Å². The van der Waals surface area contributed by atoms with Gasteiger partial charge in [0.25, 0.3) is 0 Å². The van der Waals surface area contributed by atoms with Crippen molar-refractivity contribution in [2.24, 2.45) is 0 Å². The van der Waals surface area contributed by atoms with Crippen LogP contribution in [0.15, 0.2) is 41.8 Å². The minimum Gasteiger partial charge on any atom is -0.489 e. The Morgan fingerprint density at radius 3 is 2.50 bits per heavy atom. The van der Waals surface area contributed by atoms with E-state index in [2.05, 4.69) is 27.3 Å². The number of rotatable bonds is 6. The lowest BCUT2D eigenvalue weighted by Crippen LogP contribution is -2.46. The van der Waals surface area contributed by atoms with E-state index in [-0.39, 0.29) is 5.82 Å². The molecule has 0 radical (unpaired) electrons. The van der Waals surface area contributed by atoms with E-state index in [0.717, 1.165) is 39.3 Å². The molecule has 1 aliphatic rings. The lowest BCUT2D eigenvalue weighted by Gasteiger charge is -2.34. The molecule has 0 atom stereocenters. The van der Waals surface area contributed by atoms with E-state index in [4.69, 9.17) is 4.74 Å². The summed E-state index contributed by atoms with van der Waals surface area (Å²) in [5.74, 6) is 0.0575. The first-order valence-electron chi connectivity index (χ1n) is 7.66. The molecule has 0 N–H and O–H groups in total. The van der Waals surface area contributed by atoms with Crippen LogP contribution in [0.2, 0.25) is 0 Å². The van der Waals surface area contributed by atoms with E-state index >= 15 is 0 Å². The second-order valence-electron chi connectivity index (χ2n) is 5.48. The summed E-state index contributed by atoms with van der Waals surface area (Å²) in [5, 5.41) is 2.13. The van der Waals surface area contributed by atoms with Gasteiger partial charge >= 0.3 is 0 Å². The van der Waals surface area contributed by atoms with Gasteiger partial charge in [-0.05, 0) is 23.6 Å². The summed E-state index contributed by atoms with van der Waals surface area (Å²) in [6.45, 7) is 6.69. The first-order chi connectivity index (χ1) is 10.8. The summed E-state index contributed by atoms with van der Waals surface area (Å²) in [6.07, 6.45) is 0. The predicted octanol–water partition coefficient (Wildman–Crippen LogP) is 3.08. The van der Waals surface area contributed by atoms with Crippen molar-refractivity contribution in [2.45, 2.75) is 6.54 Å². The van der Waals surface area contributed by atoms with E-state index in [9.17, 15) is 4.39 Å². The zero-order valence-corrected chi connectivity index (χ0v) is 13.4. The lowest BCUT2D eigenvalue weighted by atomic mass is 10.3. The summed E-state index contributed by atoms with van der Waals surface area (Å²) in [5.41, 5.74) is 0. The number of benzene rings is 1. The quantitative estimate of drug-likeness (QED) is 0.813. The highest BCUT2D eigenvalue weighted by molar-refractivity contribution is 7.09. The van der Waals surface area contributed by atoms with E-state index in [1.165, 1.54) is 10.9 Å². The standard InChI is InChI=1S/C17H21FN2OS/c18-16-5-1-2-6-17(16)21-12-11-19-7-9-20(10-8-19)14-15-4-3-13-22-15/h1-6,13H,7-12,14H2. The van der Waals surface area contributed by atoms with Gasteiger partial charge in [-0.1, -0.05) is 18.2 Å². The summed E-state index contributed by atoms with van der Waals surface area (Å²) in [4.78, 5) is 6.29. The summed E-state index contributed by atoms with van der Waals surface area (Å²) >= 11 is 1.82. The van der Waals surface area contributed by atoms with Gasteiger partial charge in [0.1, 0.15) is 6.61 Å². The largest absolute Gasteiger partial charge is 0.489 e. The van der Waals surface area contributed by atoms with Gasteiger partial charge in [-0.15, -0.1) is 11.3 Å². The molecular weight excluding hydrogens is 299 g/mol. The Labute approximate surface area is 134 Å². The molecule has 0 unspecified atom stereocenters. The van der Waals surface area contributed by atoms with Gasteiger partial charge < -0.3 is 4.74 Å². The first kappa shape index (κ1) is 15.5. The topological polar surface area (TPSA) is 15.7 Å². The first-order valence-corrected chi connectivity index (χ1v) is 8.53. The predicted molar refractivity (Wildman–Crippen MR) is 87.9 cm³/mol. The Hall–Kier alpha value is -1.43. The van der Waals surface area contributed by atoms with Crippen LogP contribution in [0.5, 0.6) is 5.75 Å². The molecule has 3 rings (SSSR count). The maximum Gasteiger partial charge on any atom is 0.165 e. The Bertz CT molecular complexity index is 568. The Kier molecular flexibility index (Phi) is 5.43. The third kappa shape index (κ3) is 4.29. The molecule has 0 bridgehead atoms. The van der Waals surface area contributed by atoms with Crippen molar-refractivity contribution < 1.29 is 9.13 Å². The smallest absolute Gasteiger partial charge is 0.165 e. The molecule has 5 heteroatoms. The molecule has 1 saturated heterocycles. The number of thiophene rings is 1. The van der Waals surface area contributed by atoms with Gasteiger partial charge in [-0.2, -0.15) is 0 Å². The van der Waals surface area contributed by atoms with Crippen molar-refractivity contribution in [3.05, 3.63) is 52.5 Å². The molecule has 1 fully saturated rings. The van der Waals surface area contributed by atoms with Crippen molar-refractivity contribution in [1.29, 1.82) is 0 Å². The summed E-state index contributed by atoms with van der Waals surface area (Å²) < 4.78 is 19.0. The molecule has 22 heavy (non-hydrogen) atoms. The van der Waals surface area contributed by atoms with Crippen molar-refractivity contribution in [3.63, 3.8) is 0 Å². The molecule has 1 aromatic heterocycles. The van der Waals surface area contributed by atoms with E-state index in [1.54, 1.807) is 18.2 Å². The molecule has 2 heterocycles. The van der Waals surface area contributed by atoms with Crippen molar-refractivity contribution in [3.8, 4) is 5.75 Å². The minimum absolute atomic E-state index is 0.289. The highest BCUT2D eigenvalue weighted by Gasteiger charge is 2.17. The van der Waals surface area contributed by atoms with Gasteiger partial charge in [0, 0.05) is 44.1 Å². The maximum atomic E-state index is 13.4. The van der Waals surface area contributed by atoms with E-state index < -0.39 is 0 Å². The summed E-state index contributed by atoms with van der Waals surface area (Å²) in [6, 6.07) is 10.9. The van der Waals surface area contributed by atoms with Crippen LogP contribution in [0.1, 0.15) is 4.88 Å². The van der Waals surface area contributed by atoms with E-state index in [0.29, 0.717) is 12.4 Å². The maximum absolute atomic E-state index is 13.4. The molecule has 0 spiro atoms. The fourth-order valence-electron chi connectivity index (χ4n) is 2.64. The normalized spacial score (nSPS) is 16.8. The molecule has 1 aliphatic heterocycles. The molecule has 0 amide bonds. The SMILES string of the molecule is Fc1ccccc1OCCN1CCN(Cc2cccs2)CC1. The third-order valence-corrected chi connectivity index (χ3v) is 4.79. The number of piperazine rings is 1. The van der Waals surface area contributed by atoms with Gasteiger partial charge in [0.2, 0.25) is 0 Å². The van der Waals surface area contributed by atoms with Crippen LogP contribution in [-0.4, -0.2) is 49.1 Å². The van der Waals surface area contributed by atoms with Gasteiger partial charge in [-0.25, -0.2) is 4.39 Å². The number of para-hydroxylation sites is 1. The van der Waals surface area contributed by atoms with Gasteiger partial charge in [0.05, 0.1) is 0 Å². The molecule has 0 saturated carbocycles. The zero-order valence-electron chi connectivity index (χ0n) is 12.6. The van der Waals surface area contributed by atoms with Crippen LogP contribution >= 0.6 is 11.3 Å². The Balaban J connectivity index is 1.36. The molecule has 2 aromatic rings. The van der Waals surface area contributed by atoms with Crippen LogP contribution in [0, 0.1) is 5.82 Å². The highest BCUT2D eigenvalue weighted by atomic mass is 32.1. The van der Waals surface area contributed by atoms with Crippen molar-refractivity contribution in [1.82, 2.24) is 9.80 Å². The Morgan fingerprint density at radius 2 is 1.77 bits per heavy atom. The molecular formula is C17H21FN2OS. The Morgan fingerprint density at radius 1 is 1.00 bits per heavy atom. The minimum atomic E-state index is -0.289. The lowest BCUT2D eigenvalue weighted by molar-refractivity contribution is 0.112.